The minimum Gasteiger partial charge on any atom is -0.493 e. The molecule has 1 saturated carbocycles. The first-order valence-electron chi connectivity index (χ1n) is 9.15. The van der Waals surface area contributed by atoms with Gasteiger partial charge in [0.1, 0.15) is 5.72 Å². The number of nitrogens with zero attached hydrogens (tertiary/aromatic N) is 2. The van der Waals surface area contributed by atoms with Gasteiger partial charge in [-0.05, 0) is 36.5 Å². The van der Waals surface area contributed by atoms with Gasteiger partial charge in [0.2, 0.25) is 12.5 Å². The lowest BCUT2D eigenvalue weighted by Crippen LogP contribution is -2.48. The number of ether oxygens (including phenoxy) is 2. The van der Waals surface area contributed by atoms with Gasteiger partial charge in [0, 0.05) is 29.7 Å². The van der Waals surface area contributed by atoms with Crippen LogP contribution < -0.4 is 9.47 Å². The van der Waals surface area contributed by atoms with Crippen LogP contribution in [0.5, 0.6) is 11.5 Å². The molecule has 2 aliphatic rings. The highest BCUT2D eigenvalue weighted by molar-refractivity contribution is 5.80. The molecule has 1 aliphatic carbocycles. The van der Waals surface area contributed by atoms with Gasteiger partial charge < -0.3 is 19.5 Å². The molecule has 27 heavy (non-hydrogen) atoms. The van der Waals surface area contributed by atoms with Crippen molar-refractivity contribution in [1.82, 2.24) is 4.90 Å². The molecule has 1 amide bonds. The zero-order valence-corrected chi connectivity index (χ0v) is 15.9. The lowest BCUT2D eigenvalue weighted by molar-refractivity contribution is -0.491. The molecule has 1 saturated heterocycles. The van der Waals surface area contributed by atoms with Crippen LogP contribution in [0.2, 0.25) is 0 Å². The lowest BCUT2D eigenvalue weighted by atomic mass is 9.88. The minimum atomic E-state index is -1.28. The van der Waals surface area contributed by atoms with Crippen molar-refractivity contribution < 1.29 is 24.3 Å². The van der Waals surface area contributed by atoms with Crippen LogP contribution in [0.1, 0.15) is 25.3 Å². The number of nitro groups is 1. The molecule has 8 nitrogen and oxygen atoms in total. The number of benzene rings is 1. The maximum atomic E-state index is 12.5. The number of aliphatic hydroxyl groups is 1. The van der Waals surface area contributed by atoms with Crippen molar-refractivity contribution in [3.05, 3.63) is 33.9 Å². The van der Waals surface area contributed by atoms with E-state index in [1.165, 1.54) is 4.90 Å². The van der Waals surface area contributed by atoms with E-state index < -0.39 is 5.72 Å². The predicted octanol–water partition coefficient (Wildman–Crippen LogP) is 1.72. The highest BCUT2D eigenvalue weighted by Gasteiger charge is 2.61. The SMILES string of the molecule is COc1ccc(CCN2C(=O)C[C@@H]3[C@H](C[N+](=O)[O-])[C@@H](C)C[C@@]32O)cc1OC. The molecule has 0 bridgehead atoms. The first-order chi connectivity index (χ1) is 12.8. The van der Waals surface area contributed by atoms with Gasteiger partial charge in [-0.15, -0.1) is 0 Å². The van der Waals surface area contributed by atoms with Crippen molar-refractivity contribution in [3.63, 3.8) is 0 Å². The van der Waals surface area contributed by atoms with E-state index in [9.17, 15) is 20.0 Å². The van der Waals surface area contributed by atoms with Gasteiger partial charge in [0.15, 0.2) is 11.5 Å². The summed E-state index contributed by atoms with van der Waals surface area (Å²) in [6.45, 7) is 2.08. The Kier molecular flexibility index (Phi) is 5.28. The van der Waals surface area contributed by atoms with E-state index >= 15 is 0 Å². The van der Waals surface area contributed by atoms with Gasteiger partial charge in [-0.2, -0.15) is 0 Å². The third-order valence-electron chi connectivity index (χ3n) is 6.06. The predicted molar refractivity (Wildman–Crippen MR) is 97.2 cm³/mol. The molecule has 1 aromatic rings. The molecule has 1 aliphatic heterocycles. The van der Waals surface area contributed by atoms with E-state index in [-0.39, 0.29) is 41.5 Å². The normalized spacial score (nSPS) is 29.7. The summed E-state index contributed by atoms with van der Waals surface area (Å²) in [5, 5.41) is 22.2. The molecule has 0 radical (unpaired) electrons. The van der Waals surface area contributed by atoms with Gasteiger partial charge in [0.05, 0.1) is 14.2 Å². The third kappa shape index (κ3) is 3.45. The summed E-state index contributed by atoms with van der Waals surface area (Å²) in [7, 11) is 3.13. The summed E-state index contributed by atoms with van der Waals surface area (Å²) in [5.74, 6) is 0.449. The zero-order valence-electron chi connectivity index (χ0n) is 15.9. The Balaban J connectivity index is 1.74. The van der Waals surface area contributed by atoms with E-state index in [0.29, 0.717) is 30.9 Å². The van der Waals surface area contributed by atoms with Crippen molar-refractivity contribution in [2.24, 2.45) is 17.8 Å². The van der Waals surface area contributed by atoms with Gasteiger partial charge >= 0.3 is 0 Å². The van der Waals surface area contributed by atoms with Crippen LogP contribution in [0.25, 0.3) is 0 Å². The Labute approximate surface area is 158 Å². The maximum absolute atomic E-state index is 12.5. The largest absolute Gasteiger partial charge is 0.493 e. The third-order valence-corrected chi connectivity index (χ3v) is 6.06. The van der Waals surface area contributed by atoms with E-state index in [4.69, 9.17) is 9.47 Å². The molecule has 0 aromatic heterocycles. The Morgan fingerprint density at radius 1 is 1.33 bits per heavy atom. The topological polar surface area (TPSA) is 102 Å². The van der Waals surface area contributed by atoms with Crippen molar-refractivity contribution >= 4 is 5.91 Å². The standard InChI is InChI=1S/C19H26N2O6/c1-12-10-19(23)15(14(12)11-21(24)25)9-18(22)20(19)7-6-13-4-5-16(26-2)17(8-13)27-3/h4-5,8,12,14-15,23H,6-7,9-11H2,1-3H3/t12-,14+,15+,19+/m0/s1. The van der Waals surface area contributed by atoms with Crippen LogP contribution >= 0.6 is 0 Å². The summed E-state index contributed by atoms with van der Waals surface area (Å²) in [5.41, 5.74) is -0.325. The maximum Gasteiger partial charge on any atom is 0.225 e. The summed E-state index contributed by atoms with van der Waals surface area (Å²) >= 11 is 0. The molecular formula is C19H26N2O6. The summed E-state index contributed by atoms with van der Waals surface area (Å²) < 4.78 is 10.5. The Hall–Kier alpha value is -2.35. The fourth-order valence-corrected chi connectivity index (χ4v) is 4.73. The van der Waals surface area contributed by atoms with Gasteiger partial charge in [-0.1, -0.05) is 13.0 Å². The van der Waals surface area contributed by atoms with Crippen molar-refractivity contribution in [3.8, 4) is 11.5 Å². The number of amides is 1. The number of carbonyl (C=O) groups excluding carboxylic acids is 1. The Morgan fingerprint density at radius 3 is 2.67 bits per heavy atom. The number of fused-ring (bicyclic) bond motifs is 1. The fraction of sp³-hybridized carbons (Fsp3) is 0.632. The first kappa shape index (κ1) is 19.4. The fourth-order valence-electron chi connectivity index (χ4n) is 4.73. The molecule has 3 rings (SSSR count). The minimum absolute atomic E-state index is 0.00193. The van der Waals surface area contributed by atoms with Gasteiger partial charge in [0.25, 0.3) is 0 Å². The van der Waals surface area contributed by atoms with Gasteiger partial charge in [-0.25, -0.2) is 0 Å². The number of carbonyl (C=O) groups is 1. The highest BCUT2D eigenvalue weighted by Crippen LogP contribution is 2.52. The number of methoxy groups -OCH3 is 2. The molecule has 2 fully saturated rings. The van der Waals surface area contributed by atoms with Crippen LogP contribution in [0.3, 0.4) is 0 Å². The number of likely N-dealkylation sites (tertiary alicyclic amines) is 1. The summed E-state index contributed by atoms with van der Waals surface area (Å²) in [6, 6.07) is 5.56. The van der Waals surface area contributed by atoms with Crippen molar-refractivity contribution in [2.75, 3.05) is 27.3 Å². The summed E-state index contributed by atoms with van der Waals surface area (Å²) in [4.78, 5) is 24.7. The van der Waals surface area contributed by atoms with Crippen LogP contribution in [0, 0.1) is 27.9 Å². The summed E-state index contributed by atoms with van der Waals surface area (Å²) in [6.07, 6.45) is 1.11. The number of hydrogen-bond donors (Lipinski definition) is 1. The highest BCUT2D eigenvalue weighted by atomic mass is 16.6. The molecular weight excluding hydrogens is 352 g/mol. The van der Waals surface area contributed by atoms with Crippen molar-refractivity contribution in [2.45, 2.75) is 31.9 Å². The molecule has 0 spiro atoms. The second-order valence-corrected chi connectivity index (χ2v) is 7.53. The first-order valence-corrected chi connectivity index (χ1v) is 9.15. The molecule has 0 unspecified atom stereocenters. The quantitative estimate of drug-likeness (QED) is 0.572. The van der Waals surface area contributed by atoms with E-state index in [1.807, 2.05) is 25.1 Å². The van der Waals surface area contributed by atoms with Crippen molar-refractivity contribution in [1.29, 1.82) is 0 Å². The average Bonchev–Trinajstić information content (AvgIpc) is 3.00. The molecule has 8 heteroatoms. The smallest absolute Gasteiger partial charge is 0.225 e. The van der Waals surface area contributed by atoms with E-state index in [0.717, 1.165) is 5.56 Å². The van der Waals surface area contributed by atoms with E-state index in [2.05, 4.69) is 0 Å². The average molecular weight is 378 g/mol. The van der Waals surface area contributed by atoms with Crippen LogP contribution in [0.4, 0.5) is 0 Å². The number of hydrogen-bond acceptors (Lipinski definition) is 6. The van der Waals surface area contributed by atoms with Gasteiger partial charge in [-0.3, -0.25) is 14.9 Å². The van der Waals surface area contributed by atoms with E-state index in [1.54, 1.807) is 14.2 Å². The zero-order chi connectivity index (χ0) is 19.8. The second-order valence-electron chi connectivity index (χ2n) is 7.53. The molecule has 4 atom stereocenters. The van der Waals surface area contributed by atoms with Crippen LogP contribution in [0.15, 0.2) is 18.2 Å². The number of rotatable bonds is 7. The Morgan fingerprint density at radius 2 is 2.04 bits per heavy atom. The van der Waals surface area contributed by atoms with Crippen LogP contribution in [-0.2, 0) is 11.2 Å². The second kappa shape index (κ2) is 7.34. The molecule has 1 heterocycles. The molecule has 148 valence electrons. The monoisotopic (exact) mass is 378 g/mol. The Bertz CT molecular complexity index is 739. The molecule has 1 aromatic carbocycles. The lowest BCUT2D eigenvalue weighted by Gasteiger charge is -2.34. The van der Waals surface area contributed by atoms with Crippen LogP contribution in [-0.4, -0.2) is 53.9 Å². The molecule has 1 N–H and O–H groups in total.